The van der Waals surface area contributed by atoms with E-state index in [0.717, 1.165) is 29.8 Å². The van der Waals surface area contributed by atoms with Crippen molar-refractivity contribution in [2.24, 2.45) is 5.14 Å². The van der Waals surface area contributed by atoms with Crippen LogP contribution in [0.1, 0.15) is 44.1 Å². The molecule has 0 aliphatic rings. The van der Waals surface area contributed by atoms with Crippen molar-refractivity contribution in [3.8, 4) is 0 Å². The minimum Gasteiger partial charge on any atom is -0.355 e. The molecule has 0 radical (unpaired) electrons. The lowest BCUT2D eigenvalue weighted by Gasteiger charge is -2.14. The number of nitrogens with two attached hydrogens (primary N) is 1. The number of rotatable bonds is 10. The molecular weight excluding hydrogens is 410 g/mol. The van der Waals surface area contributed by atoms with E-state index in [9.17, 15) is 13.2 Å². The number of carbonyl (C=O) groups excluding carboxylic acids is 1. The van der Waals surface area contributed by atoms with Crippen LogP contribution in [0.4, 0.5) is 0 Å². The van der Waals surface area contributed by atoms with Crippen molar-refractivity contribution < 1.29 is 13.2 Å². The Morgan fingerprint density at radius 3 is 2.31 bits per heavy atom. The molecule has 1 heterocycles. The summed E-state index contributed by atoms with van der Waals surface area (Å²) in [5.74, 6) is -0.0835. The van der Waals surface area contributed by atoms with Crippen LogP contribution in [0, 0.1) is 0 Å². The van der Waals surface area contributed by atoms with Gasteiger partial charge in [-0.05, 0) is 43.4 Å². The van der Waals surface area contributed by atoms with Gasteiger partial charge in [0.2, 0.25) is 21.1 Å². The summed E-state index contributed by atoms with van der Waals surface area (Å²) in [6.45, 7) is 6.43. The lowest BCUT2D eigenvalue weighted by atomic mass is 10.1. The van der Waals surface area contributed by atoms with E-state index in [0.29, 0.717) is 24.5 Å². The molecule has 1 unspecified atom stereocenters. The van der Waals surface area contributed by atoms with Crippen molar-refractivity contribution in [2.75, 3.05) is 6.54 Å². The Bertz CT molecular complexity index is 933. The molecule has 1 aromatic carbocycles. The van der Waals surface area contributed by atoms with E-state index in [4.69, 9.17) is 5.14 Å². The van der Waals surface area contributed by atoms with Gasteiger partial charge in [-0.1, -0.05) is 44.7 Å². The standard InChI is InChI=1S/C19H27N5O3S2/c1-4-15-16(5-2)23-24-19(22-15)28-17(6-3)18(25)21-12-11-13-7-9-14(10-8-13)29(20,26)27/h7-10,17H,4-6,11-12H2,1-3H3,(H,21,25)(H2,20,26,27). The van der Waals surface area contributed by atoms with Crippen molar-refractivity contribution in [1.82, 2.24) is 20.5 Å². The predicted molar refractivity (Wildman–Crippen MR) is 113 cm³/mol. The van der Waals surface area contributed by atoms with Gasteiger partial charge >= 0.3 is 0 Å². The summed E-state index contributed by atoms with van der Waals surface area (Å²) in [6.07, 6.45) is 2.78. The molecule has 3 N–H and O–H groups in total. The maximum absolute atomic E-state index is 12.5. The van der Waals surface area contributed by atoms with Crippen LogP contribution in [0.2, 0.25) is 0 Å². The van der Waals surface area contributed by atoms with Crippen LogP contribution in [0.3, 0.4) is 0 Å². The van der Waals surface area contributed by atoms with E-state index in [2.05, 4.69) is 20.5 Å². The van der Waals surface area contributed by atoms with Crippen LogP contribution in [-0.2, 0) is 34.1 Å². The number of primary sulfonamides is 1. The molecule has 1 aromatic heterocycles. The molecule has 1 atom stereocenters. The minimum absolute atomic E-state index is 0.0712. The fourth-order valence-electron chi connectivity index (χ4n) is 2.71. The maximum Gasteiger partial charge on any atom is 0.238 e. The van der Waals surface area contributed by atoms with Gasteiger partial charge in [0, 0.05) is 6.54 Å². The molecule has 0 spiro atoms. The third-order valence-corrected chi connectivity index (χ3v) is 6.51. The predicted octanol–water partition coefficient (Wildman–Crippen LogP) is 1.87. The third kappa shape index (κ3) is 6.76. The van der Waals surface area contributed by atoms with Crippen molar-refractivity contribution in [1.29, 1.82) is 0 Å². The van der Waals surface area contributed by atoms with Crippen molar-refractivity contribution in [3.63, 3.8) is 0 Å². The number of benzene rings is 1. The first-order valence-electron chi connectivity index (χ1n) is 9.57. The van der Waals surface area contributed by atoms with Gasteiger partial charge in [-0.2, -0.15) is 5.10 Å². The Morgan fingerprint density at radius 1 is 1.10 bits per heavy atom. The second-order valence-corrected chi connectivity index (χ2v) is 9.17. The molecule has 1 amide bonds. The Kier molecular flexibility index (Phi) is 8.54. The van der Waals surface area contributed by atoms with Gasteiger partial charge in [-0.15, -0.1) is 5.10 Å². The molecular formula is C19H27N5O3S2. The normalized spacial score (nSPS) is 12.6. The van der Waals surface area contributed by atoms with Crippen molar-refractivity contribution in [2.45, 2.75) is 61.8 Å². The number of sulfonamides is 1. The molecule has 0 saturated carbocycles. The van der Waals surface area contributed by atoms with Crippen LogP contribution in [0.15, 0.2) is 34.3 Å². The van der Waals surface area contributed by atoms with Crippen LogP contribution >= 0.6 is 11.8 Å². The summed E-state index contributed by atoms with van der Waals surface area (Å²) in [7, 11) is -3.70. The van der Waals surface area contributed by atoms with E-state index in [-0.39, 0.29) is 16.1 Å². The number of hydrogen-bond acceptors (Lipinski definition) is 7. The van der Waals surface area contributed by atoms with E-state index >= 15 is 0 Å². The highest BCUT2D eigenvalue weighted by atomic mass is 32.2. The summed E-state index contributed by atoms with van der Waals surface area (Å²) < 4.78 is 22.6. The van der Waals surface area contributed by atoms with Crippen LogP contribution in [-0.4, -0.2) is 41.3 Å². The number of nitrogens with zero attached hydrogens (tertiary/aromatic N) is 3. The van der Waals surface area contributed by atoms with Crippen molar-refractivity contribution >= 4 is 27.7 Å². The van der Waals surface area contributed by atoms with Gasteiger partial charge in [-0.3, -0.25) is 4.79 Å². The number of carbonyl (C=O) groups is 1. The van der Waals surface area contributed by atoms with Crippen LogP contribution < -0.4 is 10.5 Å². The lowest BCUT2D eigenvalue weighted by Crippen LogP contribution is -2.34. The van der Waals surface area contributed by atoms with E-state index in [1.54, 1.807) is 12.1 Å². The Labute approximate surface area is 176 Å². The van der Waals surface area contributed by atoms with E-state index in [1.807, 2.05) is 20.8 Å². The first kappa shape index (κ1) is 23.2. The second kappa shape index (κ2) is 10.7. The highest BCUT2D eigenvalue weighted by molar-refractivity contribution is 8.00. The van der Waals surface area contributed by atoms with E-state index < -0.39 is 10.0 Å². The minimum atomic E-state index is -3.70. The highest BCUT2D eigenvalue weighted by Gasteiger charge is 2.20. The smallest absolute Gasteiger partial charge is 0.238 e. The maximum atomic E-state index is 12.5. The Balaban J connectivity index is 1.91. The topological polar surface area (TPSA) is 128 Å². The lowest BCUT2D eigenvalue weighted by molar-refractivity contribution is -0.120. The molecule has 0 saturated heterocycles. The Hall–Kier alpha value is -2.04. The fraction of sp³-hybridized carbons (Fsp3) is 0.474. The summed E-state index contributed by atoms with van der Waals surface area (Å²) in [6, 6.07) is 6.32. The Morgan fingerprint density at radius 2 is 1.76 bits per heavy atom. The average molecular weight is 438 g/mol. The average Bonchev–Trinajstić information content (AvgIpc) is 2.71. The van der Waals surface area contributed by atoms with Crippen LogP contribution in [0.25, 0.3) is 0 Å². The zero-order chi connectivity index (χ0) is 21.4. The molecule has 0 fully saturated rings. The van der Waals surface area contributed by atoms with Gasteiger partial charge < -0.3 is 5.32 Å². The largest absolute Gasteiger partial charge is 0.355 e. The number of amides is 1. The van der Waals surface area contributed by atoms with E-state index in [1.165, 1.54) is 23.9 Å². The summed E-state index contributed by atoms with van der Waals surface area (Å²) >= 11 is 1.32. The monoisotopic (exact) mass is 437 g/mol. The number of aryl methyl sites for hydroxylation is 2. The molecule has 0 bridgehead atoms. The molecule has 29 heavy (non-hydrogen) atoms. The number of nitrogens with one attached hydrogen (secondary N) is 1. The summed E-state index contributed by atoms with van der Waals surface area (Å²) in [4.78, 5) is 17.1. The molecule has 8 nitrogen and oxygen atoms in total. The highest BCUT2D eigenvalue weighted by Crippen LogP contribution is 2.22. The van der Waals surface area contributed by atoms with Crippen LogP contribution in [0.5, 0.6) is 0 Å². The third-order valence-electron chi connectivity index (χ3n) is 4.37. The first-order valence-corrected chi connectivity index (χ1v) is 12.0. The molecule has 0 aliphatic heterocycles. The van der Waals surface area contributed by atoms with Crippen molar-refractivity contribution in [3.05, 3.63) is 41.2 Å². The molecule has 10 heteroatoms. The van der Waals surface area contributed by atoms with Gasteiger partial charge in [0.15, 0.2) is 0 Å². The van der Waals surface area contributed by atoms with Gasteiger partial charge in [-0.25, -0.2) is 18.5 Å². The molecule has 158 valence electrons. The van der Waals surface area contributed by atoms with Gasteiger partial charge in [0.25, 0.3) is 0 Å². The summed E-state index contributed by atoms with van der Waals surface area (Å²) in [5.41, 5.74) is 2.72. The summed E-state index contributed by atoms with van der Waals surface area (Å²) in [5, 5.41) is 16.6. The SMILES string of the molecule is CCc1nnc(SC(CC)C(=O)NCCc2ccc(S(N)(=O)=O)cc2)nc1CC. The number of thioether (sulfide) groups is 1. The number of aromatic nitrogens is 3. The molecule has 2 aromatic rings. The fourth-order valence-corrected chi connectivity index (χ4v) is 4.09. The van der Waals surface area contributed by atoms with Gasteiger partial charge in [0.1, 0.15) is 0 Å². The molecule has 2 rings (SSSR count). The number of hydrogen-bond donors (Lipinski definition) is 2. The second-order valence-electron chi connectivity index (χ2n) is 6.44. The first-order chi connectivity index (χ1) is 13.8. The quantitative estimate of drug-likeness (QED) is 0.543. The molecule has 0 aliphatic carbocycles. The van der Waals surface area contributed by atoms with Gasteiger partial charge in [0.05, 0.1) is 21.5 Å². The zero-order valence-corrected chi connectivity index (χ0v) is 18.5. The zero-order valence-electron chi connectivity index (χ0n) is 16.9.